The summed E-state index contributed by atoms with van der Waals surface area (Å²) < 4.78 is 10.9. The number of rotatable bonds is 7. The highest BCUT2D eigenvalue weighted by atomic mass is 32.1. The van der Waals surface area contributed by atoms with E-state index < -0.39 is 5.63 Å². The number of nitrogens with one attached hydrogen (secondary N) is 2. The summed E-state index contributed by atoms with van der Waals surface area (Å²) >= 11 is 1.48. The summed E-state index contributed by atoms with van der Waals surface area (Å²) in [5.41, 5.74) is 1.91. The zero-order valence-corrected chi connectivity index (χ0v) is 16.4. The molecular weight excluding hydrogens is 392 g/mol. The lowest BCUT2D eigenvalue weighted by Crippen LogP contribution is -2.30. The number of benzene rings is 1. The second-order valence-electron chi connectivity index (χ2n) is 6.36. The molecule has 0 aliphatic rings. The van der Waals surface area contributed by atoms with E-state index >= 15 is 0 Å². The number of ether oxygens (including phenoxy) is 1. The summed E-state index contributed by atoms with van der Waals surface area (Å²) in [4.78, 5) is 35.5. The molecule has 0 saturated heterocycles. The van der Waals surface area contributed by atoms with E-state index in [2.05, 4.69) is 20.3 Å². The molecule has 29 heavy (non-hydrogen) atoms. The van der Waals surface area contributed by atoms with Crippen LogP contribution in [0.2, 0.25) is 0 Å². The Kier molecular flexibility index (Phi) is 5.39. The Hall–Kier alpha value is -3.46. The molecule has 4 rings (SSSR count). The summed E-state index contributed by atoms with van der Waals surface area (Å²) in [6.45, 7) is 2.23. The lowest BCUT2D eigenvalue weighted by Gasteiger charge is -2.08. The van der Waals surface area contributed by atoms with Gasteiger partial charge in [-0.3, -0.25) is 4.79 Å². The molecule has 2 N–H and O–H groups in total. The number of carbonyl (C=O) groups excluding carboxylic acids is 1. The minimum absolute atomic E-state index is 0.130. The van der Waals surface area contributed by atoms with Crippen LogP contribution in [0.1, 0.15) is 10.7 Å². The molecule has 148 valence electrons. The number of aromatic nitrogens is 3. The highest BCUT2D eigenvalue weighted by Gasteiger charge is 2.12. The van der Waals surface area contributed by atoms with E-state index in [1.165, 1.54) is 11.3 Å². The van der Waals surface area contributed by atoms with Gasteiger partial charge in [-0.2, -0.15) is 0 Å². The molecule has 0 radical (unpaired) electrons. The first-order valence-electron chi connectivity index (χ1n) is 8.95. The first kappa shape index (κ1) is 18.9. The van der Waals surface area contributed by atoms with Crippen LogP contribution in [-0.2, 0) is 11.2 Å². The maximum atomic E-state index is 12.3. The normalized spacial score (nSPS) is 10.9. The molecule has 8 nitrogen and oxygen atoms in total. The molecule has 0 bridgehead atoms. The van der Waals surface area contributed by atoms with Crippen molar-refractivity contribution in [2.24, 2.45) is 0 Å². The van der Waals surface area contributed by atoms with Crippen molar-refractivity contribution in [1.82, 2.24) is 20.3 Å². The second kappa shape index (κ2) is 8.27. The van der Waals surface area contributed by atoms with Crippen LogP contribution in [0.3, 0.4) is 0 Å². The van der Waals surface area contributed by atoms with Gasteiger partial charge in [0.05, 0.1) is 22.6 Å². The Bertz CT molecular complexity index is 1200. The number of thiazole rings is 1. The van der Waals surface area contributed by atoms with E-state index in [-0.39, 0.29) is 12.5 Å². The Morgan fingerprint density at radius 3 is 3.00 bits per heavy atom. The number of carbonyl (C=O) groups is 1. The molecule has 1 amide bonds. The van der Waals surface area contributed by atoms with Crippen molar-refractivity contribution in [3.8, 4) is 17.0 Å². The van der Waals surface area contributed by atoms with E-state index in [0.717, 1.165) is 16.1 Å². The van der Waals surface area contributed by atoms with Crippen molar-refractivity contribution >= 4 is 28.2 Å². The van der Waals surface area contributed by atoms with Crippen LogP contribution >= 0.6 is 11.3 Å². The average molecular weight is 410 g/mol. The highest BCUT2D eigenvalue weighted by molar-refractivity contribution is 7.09. The zero-order chi connectivity index (χ0) is 20.2. The van der Waals surface area contributed by atoms with Crippen LogP contribution in [-0.4, -0.2) is 34.0 Å². The number of hydrogen-bond donors (Lipinski definition) is 2. The van der Waals surface area contributed by atoms with E-state index in [0.29, 0.717) is 35.6 Å². The number of hydrogen-bond acceptors (Lipinski definition) is 7. The monoisotopic (exact) mass is 410 g/mol. The van der Waals surface area contributed by atoms with Crippen molar-refractivity contribution < 1.29 is 13.9 Å². The first-order valence-corrected chi connectivity index (χ1v) is 9.83. The third-order valence-electron chi connectivity index (χ3n) is 4.24. The predicted octanol–water partition coefficient (Wildman–Crippen LogP) is 2.69. The minimum atomic E-state index is -0.462. The number of H-pyrrole nitrogens is 1. The number of nitrogens with zero attached hydrogens (tertiary/aromatic N) is 2. The fourth-order valence-electron chi connectivity index (χ4n) is 2.80. The van der Waals surface area contributed by atoms with E-state index in [4.69, 9.17) is 9.15 Å². The van der Waals surface area contributed by atoms with Gasteiger partial charge in [0, 0.05) is 41.7 Å². The Balaban J connectivity index is 1.39. The Morgan fingerprint density at radius 1 is 1.34 bits per heavy atom. The van der Waals surface area contributed by atoms with Gasteiger partial charge in [0.1, 0.15) is 11.3 Å². The average Bonchev–Trinajstić information content (AvgIpc) is 3.37. The van der Waals surface area contributed by atoms with E-state index in [9.17, 15) is 9.59 Å². The second-order valence-corrected chi connectivity index (χ2v) is 7.43. The van der Waals surface area contributed by atoms with Gasteiger partial charge in [-0.15, -0.1) is 11.3 Å². The van der Waals surface area contributed by atoms with Gasteiger partial charge in [-0.1, -0.05) is 0 Å². The molecule has 0 aliphatic carbocycles. The number of aryl methyl sites for hydroxylation is 1. The summed E-state index contributed by atoms with van der Waals surface area (Å²) in [7, 11) is 0. The maximum absolute atomic E-state index is 12.3. The molecule has 1 aromatic carbocycles. The first-order chi connectivity index (χ1) is 14.1. The van der Waals surface area contributed by atoms with E-state index in [1.807, 2.05) is 12.3 Å². The predicted molar refractivity (Wildman–Crippen MR) is 109 cm³/mol. The number of fused-ring (bicyclic) bond motifs is 1. The molecule has 4 aromatic rings. The Morgan fingerprint density at radius 2 is 2.24 bits per heavy atom. The molecule has 0 saturated carbocycles. The highest BCUT2D eigenvalue weighted by Crippen LogP contribution is 2.25. The summed E-state index contributed by atoms with van der Waals surface area (Å²) in [5.74, 6) is 0.210. The maximum Gasteiger partial charge on any atom is 0.345 e. The lowest BCUT2D eigenvalue weighted by atomic mass is 10.1. The third kappa shape index (κ3) is 4.52. The van der Waals surface area contributed by atoms with Crippen molar-refractivity contribution in [3.05, 3.63) is 63.3 Å². The molecule has 3 aromatic heterocycles. The minimum Gasteiger partial charge on any atom is -0.484 e. The topological polar surface area (TPSA) is 110 Å². The largest absolute Gasteiger partial charge is 0.484 e. The van der Waals surface area contributed by atoms with Gasteiger partial charge in [0.25, 0.3) is 5.91 Å². The molecule has 0 fully saturated rings. The summed E-state index contributed by atoms with van der Waals surface area (Å²) in [6, 6.07) is 6.87. The molecule has 3 heterocycles. The van der Waals surface area contributed by atoms with Crippen LogP contribution in [0.25, 0.3) is 22.2 Å². The summed E-state index contributed by atoms with van der Waals surface area (Å²) in [6.07, 6.45) is 3.97. The lowest BCUT2D eigenvalue weighted by molar-refractivity contribution is -0.123. The zero-order valence-electron chi connectivity index (χ0n) is 15.6. The third-order valence-corrected chi connectivity index (χ3v) is 5.02. The van der Waals surface area contributed by atoms with Crippen molar-refractivity contribution in [2.75, 3.05) is 13.2 Å². The number of imidazole rings is 1. The number of amides is 1. The Labute approximate surface area is 169 Å². The molecule has 0 unspecified atom stereocenters. The summed E-state index contributed by atoms with van der Waals surface area (Å²) in [5, 5.41) is 6.24. The molecule has 0 aliphatic heterocycles. The van der Waals surface area contributed by atoms with Crippen molar-refractivity contribution in [3.63, 3.8) is 0 Å². The van der Waals surface area contributed by atoms with Crippen LogP contribution in [0.15, 0.2) is 51.4 Å². The van der Waals surface area contributed by atoms with Gasteiger partial charge in [-0.25, -0.2) is 14.8 Å². The quantitative estimate of drug-likeness (QED) is 0.453. The van der Waals surface area contributed by atoms with Crippen LogP contribution in [0.4, 0.5) is 0 Å². The molecular formula is C20H18N4O4S. The number of aromatic amines is 1. The fourth-order valence-corrected chi connectivity index (χ4v) is 3.42. The van der Waals surface area contributed by atoms with E-state index in [1.54, 1.807) is 36.8 Å². The molecule has 0 spiro atoms. The van der Waals surface area contributed by atoms with Crippen LogP contribution in [0, 0.1) is 6.92 Å². The van der Waals surface area contributed by atoms with Gasteiger partial charge in [0.15, 0.2) is 6.61 Å². The molecule has 0 atom stereocenters. The van der Waals surface area contributed by atoms with Crippen molar-refractivity contribution in [2.45, 2.75) is 13.3 Å². The smallest absolute Gasteiger partial charge is 0.345 e. The van der Waals surface area contributed by atoms with Gasteiger partial charge >= 0.3 is 5.63 Å². The van der Waals surface area contributed by atoms with Gasteiger partial charge in [0.2, 0.25) is 0 Å². The standard InChI is InChI=1S/C20H18N4O4S/c1-12-24-17(10-29-12)16-6-13-2-3-15(7-18(13)28-20(16)26)27-9-19(25)22-5-4-14-8-21-11-23-14/h2-3,6-8,10-11H,4-5,9H2,1H3,(H,21,23)(H,22,25). The molecule has 9 heteroatoms. The fraction of sp³-hybridized carbons (Fsp3) is 0.200. The van der Waals surface area contributed by atoms with Crippen molar-refractivity contribution in [1.29, 1.82) is 0 Å². The van der Waals surface area contributed by atoms with Gasteiger partial charge < -0.3 is 19.5 Å². The van der Waals surface area contributed by atoms with Crippen LogP contribution in [0.5, 0.6) is 5.75 Å². The SMILES string of the molecule is Cc1nc(-c2cc3ccc(OCC(=O)NCCc4cnc[nH]4)cc3oc2=O)cs1. The van der Waals surface area contributed by atoms with Gasteiger partial charge in [-0.05, 0) is 25.1 Å². The van der Waals surface area contributed by atoms with Crippen LogP contribution < -0.4 is 15.7 Å².